The van der Waals surface area contributed by atoms with Gasteiger partial charge in [-0.3, -0.25) is 14.4 Å². The summed E-state index contributed by atoms with van der Waals surface area (Å²) < 4.78 is 10.1. The minimum absolute atomic E-state index is 0.144. The largest absolute Gasteiger partial charge is 0.496 e. The Morgan fingerprint density at radius 3 is 2.27 bits per heavy atom. The minimum atomic E-state index is -1.03. The second-order valence-electron chi connectivity index (χ2n) is 7.68. The summed E-state index contributed by atoms with van der Waals surface area (Å²) in [5, 5.41) is 7.88. The topological polar surface area (TPSA) is 123 Å². The van der Waals surface area contributed by atoms with Crippen molar-refractivity contribution >= 4 is 23.7 Å². The number of carbonyl (C=O) groups is 4. The summed E-state index contributed by atoms with van der Waals surface area (Å²) in [6.45, 7) is 0. The summed E-state index contributed by atoms with van der Waals surface area (Å²) in [7, 11) is 2.74. The highest BCUT2D eigenvalue weighted by Gasteiger charge is 2.35. The third kappa shape index (κ3) is 6.31. The Hall–Kier alpha value is -3.88. The van der Waals surface area contributed by atoms with Crippen molar-refractivity contribution in [2.45, 2.75) is 37.4 Å². The monoisotopic (exact) mass is 453 g/mol. The number of rotatable bonds is 9. The van der Waals surface area contributed by atoms with E-state index in [1.165, 1.54) is 14.2 Å². The Kier molecular flexibility index (Phi) is 8.01. The van der Waals surface area contributed by atoms with Crippen LogP contribution in [0.2, 0.25) is 0 Å². The summed E-state index contributed by atoms with van der Waals surface area (Å²) in [6, 6.07) is 13.7. The van der Waals surface area contributed by atoms with E-state index in [9.17, 15) is 19.2 Å². The van der Waals surface area contributed by atoms with Gasteiger partial charge >= 0.3 is 5.97 Å². The molecule has 1 aliphatic heterocycles. The van der Waals surface area contributed by atoms with Crippen LogP contribution < -0.4 is 20.7 Å². The van der Waals surface area contributed by atoms with Gasteiger partial charge in [-0.05, 0) is 17.2 Å². The number of piperazine rings is 1. The van der Waals surface area contributed by atoms with Crippen LogP contribution in [0.3, 0.4) is 0 Å². The second kappa shape index (κ2) is 11.1. The summed E-state index contributed by atoms with van der Waals surface area (Å²) in [6.07, 6.45) is 0.181. The van der Waals surface area contributed by atoms with Gasteiger partial charge in [-0.1, -0.05) is 48.5 Å². The summed E-state index contributed by atoms with van der Waals surface area (Å²) in [4.78, 5) is 49.9. The number of hydrogen-bond donors (Lipinski definition) is 3. The van der Waals surface area contributed by atoms with Crippen LogP contribution in [0.1, 0.15) is 17.5 Å². The fourth-order valence-electron chi connectivity index (χ4n) is 3.68. The summed E-state index contributed by atoms with van der Waals surface area (Å²) in [5.74, 6) is -1.44. The number of benzene rings is 2. The van der Waals surface area contributed by atoms with Crippen molar-refractivity contribution in [2.75, 3.05) is 14.2 Å². The zero-order valence-electron chi connectivity index (χ0n) is 18.5. The van der Waals surface area contributed by atoms with Crippen molar-refractivity contribution in [2.24, 2.45) is 0 Å². The Bertz CT molecular complexity index is 1010. The molecule has 3 atom stereocenters. The average Bonchev–Trinajstić information content (AvgIpc) is 2.82. The second-order valence-corrected chi connectivity index (χ2v) is 7.68. The molecule has 3 amide bonds. The van der Waals surface area contributed by atoms with Gasteiger partial charge in [0.2, 0.25) is 17.7 Å². The lowest BCUT2D eigenvalue weighted by Crippen LogP contribution is -2.63. The van der Waals surface area contributed by atoms with Crippen LogP contribution in [0, 0.1) is 0 Å². The van der Waals surface area contributed by atoms with E-state index >= 15 is 0 Å². The molecule has 1 heterocycles. The van der Waals surface area contributed by atoms with Crippen molar-refractivity contribution in [3.05, 3.63) is 65.7 Å². The molecular formula is C24H27N3O6. The molecule has 2 aromatic rings. The summed E-state index contributed by atoms with van der Waals surface area (Å²) in [5.41, 5.74) is 1.62. The van der Waals surface area contributed by atoms with Crippen molar-refractivity contribution in [1.29, 1.82) is 0 Å². The maximum atomic E-state index is 12.6. The first-order chi connectivity index (χ1) is 15.9. The van der Waals surface area contributed by atoms with Crippen LogP contribution in [0.5, 0.6) is 5.75 Å². The highest BCUT2D eigenvalue weighted by atomic mass is 16.5. The number of methoxy groups -OCH3 is 2. The maximum Gasteiger partial charge on any atom is 0.328 e. The maximum absolute atomic E-state index is 12.6. The predicted molar refractivity (Wildman–Crippen MR) is 119 cm³/mol. The van der Waals surface area contributed by atoms with E-state index in [1.54, 1.807) is 24.3 Å². The molecule has 1 aliphatic rings. The van der Waals surface area contributed by atoms with E-state index in [2.05, 4.69) is 16.0 Å². The van der Waals surface area contributed by atoms with Crippen molar-refractivity contribution in [1.82, 2.24) is 16.0 Å². The molecule has 3 rings (SSSR count). The molecule has 2 aromatic carbocycles. The molecule has 3 N–H and O–H groups in total. The number of carbonyl (C=O) groups excluding carboxylic acids is 4. The number of hydrogen-bond acceptors (Lipinski definition) is 6. The van der Waals surface area contributed by atoms with Crippen LogP contribution in [0.15, 0.2) is 54.6 Å². The normalized spacial score (nSPS) is 18.5. The highest BCUT2D eigenvalue weighted by molar-refractivity contribution is 5.99. The number of para-hydroxylation sites is 1. The van der Waals surface area contributed by atoms with Gasteiger partial charge in [0.1, 0.15) is 23.9 Å². The highest BCUT2D eigenvalue weighted by Crippen LogP contribution is 2.19. The van der Waals surface area contributed by atoms with Gasteiger partial charge in [-0.25, -0.2) is 4.79 Å². The van der Waals surface area contributed by atoms with Gasteiger partial charge in [0.05, 0.1) is 20.6 Å². The Morgan fingerprint density at radius 2 is 1.58 bits per heavy atom. The van der Waals surface area contributed by atoms with E-state index < -0.39 is 35.9 Å². The van der Waals surface area contributed by atoms with Crippen LogP contribution in [-0.2, 0) is 36.8 Å². The molecule has 0 aromatic heterocycles. The molecular weight excluding hydrogens is 426 g/mol. The first-order valence-corrected chi connectivity index (χ1v) is 10.5. The van der Waals surface area contributed by atoms with Gasteiger partial charge in [0.15, 0.2) is 0 Å². The standard InChI is InChI=1S/C24H27N3O6/c1-32-20-11-7-6-10-16(20)13-19(24(31)33-2)25-21(28)14-18-23(30)26-17(22(29)27-18)12-15-8-4-3-5-9-15/h3-11,17-19H,12-14H2,1-2H3,(H,25,28)(H,26,30)(H,27,29)/t17-,18-,19-/m0/s1. The smallest absolute Gasteiger partial charge is 0.328 e. The van der Waals surface area contributed by atoms with Gasteiger partial charge in [0.25, 0.3) is 0 Å². The van der Waals surface area contributed by atoms with E-state index in [4.69, 9.17) is 9.47 Å². The van der Waals surface area contributed by atoms with Crippen LogP contribution in [-0.4, -0.2) is 56.0 Å². The van der Waals surface area contributed by atoms with Gasteiger partial charge in [-0.2, -0.15) is 0 Å². The first kappa shape index (κ1) is 23.8. The zero-order chi connectivity index (χ0) is 23.8. The molecule has 0 spiro atoms. The first-order valence-electron chi connectivity index (χ1n) is 10.5. The predicted octanol–water partition coefficient (Wildman–Crippen LogP) is 0.512. The molecule has 174 valence electrons. The van der Waals surface area contributed by atoms with Gasteiger partial charge in [-0.15, -0.1) is 0 Å². The van der Waals surface area contributed by atoms with Crippen molar-refractivity contribution in [3.8, 4) is 5.75 Å². The lowest BCUT2D eigenvalue weighted by Gasteiger charge is -2.29. The molecule has 0 aliphatic carbocycles. The fourth-order valence-corrected chi connectivity index (χ4v) is 3.68. The number of ether oxygens (including phenoxy) is 2. The zero-order valence-corrected chi connectivity index (χ0v) is 18.5. The Labute approximate surface area is 191 Å². The van der Waals surface area contributed by atoms with E-state index in [0.717, 1.165) is 5.56 Å². The molecule has 0 radical (unpaired) electrons. The number of amides is 3. The number of nitrogens with one attached hydrogen (secondary N) is 3. The van der Waals surface area contributed by atoms with Crippen molar-refractivity contribution in [3.63, 3.8) is 0 Å². The third-order valence-corrected chi connectivity index (χ3v) is 5.38. The van der Waals surface area contributed by atoms with Crippen molar-refractivity contribution < 1.29 is 28.7 Å². The van der Waals surface area contributed by atoms with Gasteiger partial charge in [0, 0.05) is 12.8 Å². The average molecular weight is 453 g/mol. The molecule has 0 bridgehead atoms. The molecule has 0 saturated carbocycles. The molecule has 9 nitrogen and oxygen atoms in total. The minimum Gasteiger partial charge on any atom is -0.496 e. The van der Waals surface area contributed by atoms with E-state index in [-0.39, 0.29) is 18.7 Å². The fraction of sp³-hybridized carbons (Fsp3) is 0.333. The van der Waals surface area contributed by atoms with Crippen LogP contribution >= 0.6 is 0 Å². The Morgan fingerprint density at radius 1 is 0.939 bits per heavy atom. The molecule has 1 saturated heterocycles. The molecule has 1 fully saturated rings. The summed E-state index contributed by atoms with van der Waals surface area (Å²) >= 11 is 0. The molecule has 9 heteroatoms. The SMILES string of the molecule is COC(=O)[C@H](Cc1ccccc1OC)NC(=O)C[C@@H]1NC(=O)[C@H](Cc2ccccc2)NC1=O. The third-order valence-electron chi connectivity index (χ3n) is 5.38. The molecule has 33 heavy (non-hydrogen) atoms. The molecule has 0 unspecified atom stereocenters. The lowest BCUT2D eigenvalue weighted by atomic mass is 10.0. The van der Waals surface area contributed by atoms with E-state index in [0.29, 0.717) is 17.7 Å². The van der Waals surface area contributed by atoms with Crippen LogP contribution in [0.25, 0.3) is 0 Å². The quantitative estimate of drug-likeness (QED) is 0.476. The van der Waals surface area contributed by atoms with Crippen LogP contribution in [0.4, 0.5) is 0 Å². The Balaban J connectivity index is 1.60. The van der Waals surface area contributed by atoms with Gasteiger partial charge < -0.3 is 25.4 Å². The lowest BCUT2D eigenvalue weighted by molar-refractivity contribution is -0.145. The van der Waals surface area contributed by atoms with E-state index in [1.807, 2.05) is 30.3 Å². The number of esters is 1.